The van der Waals surface area contributed by atoms with Gasteiger partial charge in [-0.15, -0.1) is 0 Å². The van der Waals surface area contributed by atoms with E-state index in [4.69, 9.17) is 32.3 Å². The smallest absolute Gasteiger partial charge is 0.463 e. The van der Waals surface area contributed by atoms with Crippen molar-refractivity contribution < 1.29 is 75.8 Å². The summed E-state index contributed by atoms with van der Waals surface area (Å²) in [6, 6.07) is 0. The Labute approximate surface area is 713 Å². The van der Waals surface area contributed by atoms with Gasteiger partial charge >= 0.3 is 33.6 Å². The van der Waals surface area contributed by atoms with Gasteiger partial charge in [-0.05, 0) is 148 Å². The molecule has 4 N–H and O–H groups in total. The quantitative estimate of drug-likeness (QED) is 0.0146. The Balaban J connectivity index is 4.47. The van der Waals surface area contributed by atoms with Crippen LogP contribution in [0.2, 0.25) is 0 Å². The van der Waals surface area contributed by atoms with Crippen LogP contribution >= 0.6 is 15.6 Å². The SMILES string of the molecule is CC/C=C\C/C=C\C/C=C\C/C=C\C/C=C\CCCCCCCCCCCCCCCCCCCCCC(=O)OCC(O)COP(=O)(O)OCC(O)COP(=O)(O)OCC(COC(=O)CCCCCCCCCCCCCCC/C=C\C/C=C\C/C=C\C/C=C\C/C=C\CC)OC(=O)CCCCCC/C=C\C/C=C\C/C=C\C/C=C\CC. The molecule has 0 spiro atoms. The summed E-state index contributed by atoms with van der Waals surface area (Å²) in [4.78, 5) is 58.9. The highest BCUT2D eigenvalue weighted by Gasteiger charge is 2.29. The summed E-state index contributed by atoms with van der Waals surface area (Å²) in [6.45, 7) is 2.35. The maximum absolute atomic E-state index is 13.0. The van der Waals surface area contributed by atoms with Crippen molar-refractivity contribution in [1.82, 2.24) is 0 Å². The fraction of sp³-hybridized carbons (Fsp3) is 0.687. The number of esters is 3. The zero-order valence-corrected chi connectivity index (χ0v) is 75.6. The summed E-state index contributed by atoms with van der Waals surface area (Å²) in [5.41, 5.74) is 0. The number of allylic oxidation sites excluding steroid dienone is 28. The first-order chi connectivity index (χ1) is 57.2. The molecule has 5 unspecified atom stereocenters. The molecule has 0 fully saturated rings. The molecular weight excluding hydrogens is 1510 g/mol. The molecule has 117 heavy (non-hydrogen) atoms. The first kappa shape index (κ1) is 112. The maximum Gasteiger partial charge on any atom is 0.472 e. The minimum Gasteiger partial charge on any atom is -0.463 e. The number of carbonyl (C=O) groups is 3. The number of rotatable bonds is 87. The van der Waals surface area contributed by atoms with Gasteiger partial charge in [-0.1, -0.05) is 384 Å². The molecule has 0 aromatic carbocycles. The van der Waals surface area contributed by atoms with Crippen LogP contribution < -0.4 is 0 Å². The van der Waals surface area contributed by atoms with E-state index in [9.17, 15) is 43.5 Å². The largest absolute Gasteiger partial charge is 0.472 e. The van der Waals surface area contributed by atoms with Gasteiger partial charge in [0.25, 0.3) is 0 Å². The number of phosphoric ester groups is 2. The van der Waals surface area contributed by atoms with Crippen molar-refractivity contribution in [1.29, 1.82) is 0 Å². The van der Waals surface area contributed by atoms with Crippen LogP contribution in [0, 0.1) is 0 Å². The van der Waals surface area contributed by atoms with E-state index in [1.807, 2.05) is 0 Å². The number of ether oxygens (including phenoxy) is 3. The van der Waals surface area contributed by atoms with Gasteiger partial charge in [-0.3, -0.25) is 32.5 Å². The molecule has 0 aliphatic rings. The van der Waals surface area contributed by atoms with E-state index in [1.54, 1.807) is 0 Å². The normalized spacial score (nSPS) is 14.6. The average molecular weight is 1680 g/mol. The molecular formula is C99H168O16P2. The molecule has 0 aromatic rings. The van der Waals surface area contributed by atoms with Crippen molar-refractivity contribution in [3.05, 3.63) is 170 Å². The van der Waals surface area contributed by atoms with E-state index in [0.29, 0.717) is 19.3 Å². The number of carbonyl (C=O) groups excluding carboxylic acids is 3. The Hall–Kier alpha value is -5.09. The van der Waals surface area contributed by atoms with Crippen LogP contribution in [0.3, 0.4) is 0 Å². The second-order valence-electron chi connectivity index (χ2n) is 30.7. The molecule has 0 aromatic heterocycles. The highest BCUT2D eigenvalue weighted by Crippen LogP contribution is 2.45. The topological polar surface area (TPSA) is 231 Å². The number of hydrogen-bond donors (Lipinski definition) is 4. The molecule has 5 atom stereocenters. The molecule has 0 amide bonds. The number of unbranched alkanes of at least 4 members (excludes halogenated alkanes) is 36. The molecule has 0 radical (unpaired) electrons. The summed E-state index contributed by atoms with van der Waals surface area (Å²) in [6.07, 6.45) is 117. The van der Waals surface area contributed by atoms with Crippen molar-refractivity contribution in [3.63, 3.8) is 0 Å². The standard InChI is InChI=1S/C99H168O16P2/c1-4-7-10-13-16-19-22-25-28-31-33-35-37-39-41-43-44-45-46-47-48-50-52-53-55-57-59-62-64-67-70-73-76-79-82-85-97(102)109-88-94(100)89-111-116(105,106)112-90-95(101)91-113-117(107,108)114-93-96(115-99(104)87-84-81-78-75-72-69-66-61-30-27-24-21-18-15-12-9-6-3)92-110-98(103)86-83-80-77-74-71-68-65-63-60-58-56-54-51-49-42-40-38-36-34-32-29-26-23-20-17-14-11-8-5-2/h7-12,16-21,25-30,33-36,39-42,66,69,94-96,100-101H,4-6,13-15,22-24,31-32,37-38,43-65,67-68,70-93H2,1-3H3,(H,105,106)(H,107,108)/b10-7-,11-8-,12-9-,19-16-,20-17-,21-18-,28-25-,29-26-,30-27-,35-33-,36-34-,41-39-,42-40-,69-66-. The van der Waals surface area contributed by atoms with Gasteiger partial charge in [0, 0.05) is 19.3 Å². The minimum atomic E-state index is -4.95. The van der Waals surface area contributed by atoms with Crippen LogP contribution in [0.1, 0.15) is 380 Å². The molecule has 0 saturated carbocycles. The van der Waals surface area contributed by atoms with Gasteiger partial charge in [0.05, 0.1) is 26.4 Å². The lowest BCUT2D eigenvalue weighted by molar-refractivity contribution is -0.161. The van der Waals surface area contributed by atoms with E-state index in [2.05, 4.69) is 191 Å². The number of hydrogen-bond acceptors (Lipinski definition) is 14. The summed E-state index contributed by atoms with van der Waals surface area (Å²) >= 11 is 0. The Morgan fingerprint density at radius 1 is 0.239 bits per heavy atom. The van der Waals surface area contributed by atoms with E-state index < -0.39 is 91.5 Å². The predicted octanol–water partition coefficient (Wildman–Crippen LogP) is 28.7. The van der Waals surface area contributed by atoms with Crippen LogP contribution in [-0.2, 0) is 55.8 Å². The van der Waals surface area contributed by atoms with Crippen LogP contribution in [0.15, 0.2) is 170 Å². The maximum atomic E-state index is 13.0. The van der Waals surface area contributed by atoms with Gasteiger partial charge in [-0.2, -0.15) is 0 Å². The van der Waals surface area contributed by atoms with Gasteiger partial charge in [0.15, 0.2) is 6.10 Å². The van der Waals surface area contributed by atoms with E-state index in [-0.39, 0.29) is 19.3 Å². The molecule has 0 heterocycles. The highest BCUT2D eigenvalue weighted by atomic mass is 31.2. The van der Waals surface area contributed by atoms with Gasteiger partial charge in [0.2, 0.25) is 0 Å². The first-order valence-corrected chi connectivity index (χ1v) is 49.4. The minimum absolute atomic E-state index is 0.0732. The number of aliphatic hydroxyl groups is 2. The fourth-order valence-electron chi connectivity index (χ4n) is 12.5. The second-order valence-corrected chi connectivity index (χ2v) is 33.6. The lowest BCUT2D eigenvalue weighted by atomic mass is 10.0. The predicted molar refractivity (Wildman–Crippen MR) is 491 cm³/mol. The first-order valence-electron chi connectivity index (χ1n) is 46.4. The lowest BCUT2D eigenvalue weighted by Gasteiger charge is -2.21. The van der Waals surface area contributed by atoms with Crippen LogP contribution in [0.5, 0.6) is 0 Å². The summed E-state index contributed by atoms with van der Waals surface area (Å²) < 4.78 is 61.4. The van der Waals surface area contributed by atoms with Crippen molar-refractivity contribution >= 4 is 33.6 Å². The third-order valence-corrected chi connectivity index (χ3v) is 21.3. The van der Waals surface area contributed by atoms with Crippen molar-refractivity contribution in [2.45, 2.75) is 399 Å². The van der Waals surface area contributed by atoms with E-state index in [0.717, 1.165) is 167 Å². The molecule has 0 aliphatic carbocycles. The Kier molecular flexibility index (Phi) is 86.2. The van der Waals surface area contributed by atoms with Gasteiger partial charge in [-0.25, -0.2) is 9.13 Å². The third-order valence-electron chi connectivity index (χ3n) is 19.4. The molecule has 0 saturated heterocycles. The molecule has 16 nitrogen and oxygen atoms in total. The van der Waals surface area contributed by atoms with Crippen molar-refractivity contribution in [2.75, 3.05) is 39.6 Å². The number of phosphoric acid groups is 2. The Morgan fingerprint density at radius 3 is 0.675 bits per heavy atom. The van der Waals surface area contributed by atoms with Crippen LogP contribution in [-0.4, -0.2) is 95.9 Å². The second kappa shape index (κ2) is 90.2. The molecule has 670 valence electrons. The third kappa shape index (κ3) is 91.5. The monoisotopic (exact) mass is 1680 g/mol. The Morgan fingerprint density at radius 2 is 0.427 bits per heavy atom. The van der Waals surface area contributed by atoms with Crippen LogP contribution in [0.4, 0.5) is 0 Å². The van der Waals surface area contributed by atoms with Crippen LogP contribution in [0.25, 0.3) is 0 Å². The molecule has 18 heteroatoms. The van der Waals surface area contributed by atoms with Crippen molar-refractivity contribution in [2.24, 2.45) is 0 Å². The zero-order valence-electron chi connectivity index (χ0n) is 73.8. The zero-order chi connectivity index (χ0) is 85.1. The molecule has 0 aliphatic heterocycles. The summed E-state index contributed by atoms with van der Waals surface area (Å²) in [7, 11) is -9.82. The average Bonchev–Trinajstić information content (AvgIpc) is 0.901. The van der Waals surface area contributed by atoms with Crippen molar-refractivity contribution in [3.8, 4) is 0 Å². The van der Waals surface area contributed by atoms with Gasteiger partial charge < -0.3 is 34.2 Å². The Bertz CT molecular complexity index is 2810. The molecule has 0 rings (SSSR count). The van der Waals surface area contributed by atoms with Gasteiger partial charge in [0.1, 0.15) is 25.4 Å². The molecule has 0 bridgehead atoms. The van der Waals surface area contributed by atoms with E-state index >= 15 is 0 Å². The fourth-order valence-corrected chi connectivity index (χ4v) is 14.1. The highest BCUT2D eigenvalue weighted by molar-refractivity contribution is 7.47. The van der Waals surface area contributed by atoms with E-state index in [1.165, 1.54) is 154 Å². The lowest BCUT2D eigenvalue weighted by Crippen LogP contribution is -2.30. The summed E-state index contributed by atoms with van der Waals surface area (Å²) in [5.74, 6) is -1.60. The number of aliphatic hydroxyl groups excluding tert-OH is 2. The summed E-state index contributed by atoms with van der Waals surface area (Å²) in [5, 5.41) is 20.7.